The van der Waals surface area contributed by atoms with Crippen LogP contribution in [0.25, 0.3) is 38.8 Å². The van der Waals surface area contributed by atoms with Gasteiger partial charge in [-0.05, 0) is 47.4 Å². The highest BCUT2D eigenvalue weighted by atomic mass is 16.3. The number of rotatable bonds is 1. The summed E-state index contributed by atoms with van der Waals surface area (Å²) in [6, 6.07) is 17.6. The predicted molar refractivity (Wildman–Crippen MR) is 109 cm³/mol. The van der Waals surface area contributed by atoms with Crippen LogP contribution in [0.4, 0.5) is 0 Å². The minimum Gasteiger partial charge on any atom is -0.508 e. The summed E-state index contributed by atoms with van der Waals surface area (Å²) in [5, 5.41) is 12.1. The molecule has 0 unspecified atom stereocenters. The number of para-hydroxylation sites is 1. The SMILES string of the molecule is CC(C)(C)c1ccnc(-n2c3cc(O)ccc3c3oc4ccccc4c32)c1. The van der Waals surface area contributed by atoms with Crippen LogP contribution >= 0.6 is 0 Å². The Kier molecular flexibility index (Phi) is 3.17. The second kappa shape index (κ2) is 5.36. The smallest absolute Gasteiger partial charge is 0.161 e. The maximum Gasteiger partial charge on any atom is 0.161 e. The molecule has 0 amide bonds. The number of furan rings is 1. The van der Waals surface area contributed by atoms with E-state index in [-0.39, 0.29) is 11.2 Å². The van der Waals surface area contributed by atoms with Crippen molar-refractivity contribution in [2.75, 3.05) is 0 Å². The van der Waals surface area contributed by atoms with Gasteiger partial charge in [0.15, 0.2) is 5.58 Å². The van der Waals surface area contributed by atoms with Gasteiger partial charge in [0.25, 0.3) is 0 Å². The average molecular weight is 356 g/mol. The van der Waals surface area contributed by atoms with Crippen molar-refractivity contribution in [1.29, 1.82) is 0 Å². The summed E-state index contributed by atoms with van der Waals surface area (Å²) in [5.41, 5.74) is 4.74. The van der Waals surface area contributed by atoms with Gasteiger partial charge < -0.3 is 9.52 Å². The topological polar surface area (TPSA) is 51.2 Å². The zero-order valence-electron chi connectivity index (χ0n) is 15.5. The van der Waals surface area contributed by atoms with Crippen LogP contribution in [0.2, 0.25) is 0 Å². The molecule has 0 spiro atoms. The van der Waals surface area contributed by atoms with Gasteiger partial charge in [0, 0.05) is 23.0 Å². The minimum atomic E-state index is 0.0143. The van der Waals surface area contributed by atoms with Crippen molar-refractivity contribution < 1.29 is 9.52 Å². The third-order valence-corrected chi connectivity index (χ3v) is 5.10. The third-order valence-electron chi connectivity index (χ3n) is 5.10. The Morgan fingerprint density at radius 2 is 1.78 bits per heavy atom. The van der Waals surface area contributed by atoms with Gasteiger partial charge in [-0.2, -0.15) is 0 Å². The van der Waals surface area contributed by atoms with Crippen LogP contribution in [0, 0.1) is 0 Å². The largest absolute Gasteiger partial charge is 0.508 e. The number of fused-ring (bicyclic) bond motifs is 5. The lowest BCUT2D eigenvalue weighted by Crippen LogP contribution is -2.12. The van der Waals surface area contributed by atoms with Crippen LogP contribution in [0.3, 0.4) is 0 Å². The van der Waals surface area contributed by atoms with Crippen molar-refractivity contribution in [2.24, 2.45) is 0 Å². The number of pyridine rings is 1. The highest BCUT2D eigenvalue weighted by Crippen LogP contribution is 2.39. The lowest BCUT2D eigenvalue weighted by Gasteiger charge is -2.19. The Bertz CT molecular complexity index is 1320. The van der Waals surface area contributed by atoms with Crippen LogP contribution in [0.15, 0.2) is 65.2 Å². The molecule has 0 aliphatic heterocycles. The van der Waals surface area contributed by atoms with Crippen molar-refractivity contribution in [3.8, 4) is 11.6 Å². The van der Waals surface area contributed by atoms with Crippen LogP contribution in [-0.4, -0.2) is 14.7 Å². The first-order valence-electron chi connectivity index (χ1n) is 9.05. The zero-order valence-corrected chi connectivity index (χ0v) is 15.5. The van der Waals surface area contributed by atoms with Crippen molar-refractivity contribution in [3.05, 3.63) is 66.4 Å². The molecule has 0 aliphatic rings. The molecule has 5 aromatic rings. The standard InChI is InChI=1S/C23H20N2O2/c1-23(2,3)14-10-11-24-20(12-14)25-18-13-15(26)8-9-16(18)22-21(25)17-6-4-5-7-19(17)27-22/h4-13,26H,1-3H3. The number of hydrogen-bond acceptors (Lipinski definition) is 3. The molecule has 0 radical (unpaired) electrons. The average Bonchev–Trinajstić information content (AvgIpc) is 3.15. The van der Waals surface area contributed by atoms with E-state index in [1.54, 1.807) is 12.1 Å². The summed E-state index contributed by atoms with van der Waals surface area (Å²) in [5.74, 6) is 1.04. The first-order chi connectivity index (χ1) is 12.9. The van der Waals surface area contributed by atoms with Crippen LogP contribution in [0.1, 0.15) is 26.3 Å². The van der Waals surface area contributed by atoms with Crippen molar-refractivity contribution >= 4 is 33.0 Å². The molecular weight excluding hydrogens is 336 g/mol. The highest BCUT2D eigenvalue weighted by molar-refractivity contribution is 6.16. The summed E-state index contributed by atoms with van der Waals surface area (Å²) in [4.78, 5) is 4.65. The fourth-order valence-electron chi connectivity index (χ4n) is 3.70. The maximum atomic E-state index is 10.1. The summed E-state index contributed by atoms with van der Waals surface area (Å²) in [6.07, 6.45) is 1.85. The molecule has 3 aromatic heterocycles. The van der Waals surface area contributed by atoms with E-state index in [2.05, 4.69) is 48.5 Å². The van der Waals surface area contributed by atoms with Crippen LogP contribution in [0.5, 0.6) is 5.75 Å². The van der Waals surface area contributed by atoms with Gasteiger partial charge in [-0.3, -0.25) is 4.57 Å². The molecule has 0 saturated carbocycles. The number of aromatic hydroxyl groups is 1. The number of hydrogen-bond donors (Lipinski definition) is 1. The number of benzene rings is 2. The monoisotopic (exact) mass is 356 g/mol. The van der Waals surface area contributed by atoms with Crippen molar-refractivity contribution in [1.82, 2.24) is 9.55 Å². The van der Waals surface area contributed by atoms with Gasteiger partial charge in [-0.15, -0.1) is 0 Å². The molecule has 0 atom stereocenters. The summed E-state index contributed by atoms with van der Waals surface area (Å²) < 4.78 is 8.26. The maximum absolute atomic E-state index is 10.1. The van der Waals surface area contributed by atoms with Crippen molar-refractivity contribution in [3.63, 3.8) is 0 Å². The van der Waals surface area contributed by atoms with E-state index in [4.69, 9.17) is 4.42 Å². The molecule has 2 aromatic carbocycles. The molecule has 27 heavy (non-hydrogen) atoms. The third kappa shape index (κ3) is 2.33. The summed E-state index contributed by atoms with van der Waals surface area (Å²) >= 11 is 0. The van der Waals surface area contributed by atoms with E-state index in [0.717, 1.165) is 38.8 Å². The first-order valence-corrected chi connectivity index (χ1v) is 9.05. The van der Waals surface area contributed by atoms with E-state index in [1.807, 2.05) is 30.5 Å². The second-order valence-corrected chi connectivity index (χ2v) is 7.97. The number of aromatic nitrogens is 2. The zero-order chi connectivity index (χ0) is 18.8. The van der Waals surface area contributed by atoms with Crippen LogP contribution < -0.4 is 0 Å². The molecule has 0 fully saturated rings. The molecule has 4 nitrogen and oxygen atoms in total. The molecule has 5 rings (SSSR count). The normalized spacial score (nSPS) is 12.4. The van der Waals surface area contributed by atoms with Gasteiger partial charge in [0.05, 0.1) is 5.52 Å². The highest BCUT2D eigenvalue weighted by Gasteiger charge is 2.21. The fourth-order valence-corrected chi connectivity index (χ4v) is 3.70. The summed E-state index contributed by atoms with van der Waals surface area (Å²) in [7, 11) is 0. The molecule has 0 aliphatic carbocycles. The Morgan fingerprint density at radius 3 is 2.59 bits per heavy atom. The van der Waals surface area contributed by atoms with Gasteiger partial charge in [0.2, 0.25) is 0 Å². The molecule has 0 bridgehead atoms. The molecule has 4 heteroatoms. The first kappa shape index (κ1) is 15.9. The van der Waals surface area contributed by atoms with Crippen LogP contribution in [-0.2, 0) is 5.41 Å². The summed E-state index contributed by atoms with van der Waals surface area (Å²) in [6.45, 7) is 6.57. The van der Waals surface area contributed by atoms with Gasteiger partial charge >= 0.3 is 0 Å². The van der Waals surface area contributed by atoms with E-state index < -0.39 is 0 Å². The predicted octanol–water partition coefficient (Wildman–Crippen LogP) is 5.93. The molecule has 3 heterocycles. The Morgan fingerprint density at radius 1 is 0.963 bits per heavy atom. The van der Waals surface area contributed by atoms with E-state index in [0.29, 0.717) is 0 Å². The van der Waals surface area contributed by atoms with Gasteiger partial charge in [-0.25, -0.2) is 4.98 Å². The molecule has 0 saturated heterocycles. The molecule has 134 valence electrons. The van der Waals surface area contributed by atoms with E-state index >= 15 is 0 Å². The number of phenols is 1. The van der Waals surface area contributed by atoms with E-state index in [1.165, 1.54) is 5.56 Å². The Hall–Kier alpha value is -3.27. The minimum absolute atomic E-state index is 0.0143. The van der Waals surface area contributed by atoms with Gasteiger partial charge in [-0.1, -0.05) is 32.9 Å². The quantitative estimate of drug-likeness (QED) is 0.405. The number of nitrogens with zero attached hydrogens (tertiary/aromatic N) is 2. The lowest BCUT2D eigenvalue weighted by molar-refractivity contribution is 0.476. The van der Waals surface area contributed by atoms with E-state index in [9.17, 15) is 5.11 Å². The lowest BCUT2D eigenvalue weighted by atomic mass is 9.88. The molecule has 1 N–H and O–H groups in total. The number of phenolic OH excluding ortho intramolecular Hbond substituents is 1. The Labute approximate surface area is 156 Å². The van der Waals surface area contributed by atoms with Crippen molar-refractivity contribution in [2.45, 2.75) is 26.2 Å². The fraction of sp³-hybridized carbons (Fsp3) is 0.174. The van der Waals surface area contributed by atoms with Gasteiger partial charge in [0.1, 0.15) is 22.7 Å². The second-order valence-electron chi connectivity index (χ2n) is 7.97. The molecular formula is C23H20N2O2. The Balaban J connectivity index is 1.96.